The van der Waals surface area contributed by atoms with Crippen LogP contribution in [0.3, 0.4) is 0 Å². The second-order valence-corrected chi connectivity index (χ2v) is 5.03. The van der Waals surface area contributed by atoms with Crippen LogP contribution in [0.25, 0.3) is 10.9 Å². The van der Waals surface area contributed by atoms with Crippen molar-refractivity contribution < 1.29 is 13.2 Å². The highest BCUT2D eigenvalue weighted by Crippen LogP contribution is 2.40. The third-order valence-electron chi connectivity index (χ3n) is 2.91. The Hall–Kier alpha value is -1.20. The molecule has 7 heteroatoms. The second-order valence-electron chi connectivity index (χ2n) is 4.25. The standard InChI is InChI=1S/C13H11Cl2F3N2/c1-3-19-10-6(2)12(13(16,17)18)20-11-7(10)4-5-8(14)9(11)15/h4-5H,3H2,1-2H3,(H,19,20). The van der Waals surface area contributed by atoms with Gasteiger partial charge in [0.2, 0.25) is 0 Å². The van der Waals surface area contributed by atoms with E-state index in [9.17, 15) is 13.2 Å². The van der Waals surface area contributed by atoms with Crippen LogP contribution in [-0.4, -0.2) is 11.5 Å². The molecule has 1 N–H and O–H groups in total. The molecular formula is C13H11Cl2F3N2. The van der Waals surface area contributed by atoms with Gasteiger partial charge in [-0.3, -0.25) is 0 Å². The maximum atomic E-state index is 13.1. The van der Waals surface area contributed by atoms with Gasteiger partial charge in [0.05, 0.1) is 15.6 Å². The van der Waals surface area contributed by atoms with E-state index in [1.165, 1.54) is 6.92 Å². The fourth-order valence-corrected chi connectivity index (χ4v) is 2.41. The number of anilines is 1. The fraction of sp³-hybridized carbons (Fsp3) is 0.308. The maximum absolute atomic E-state index is 13.1. The zero-order chi connectivity index (χ0) is 15.1. The average molecular weight is 323 g/mol. The molecule has 0 bridgehead atoms. The molecule has 2 aromatic rings. The summed E-state index contributed by atoms with van der Waals surface area (Å²) >= 11 is 11.8. The summed E-state index contributed by atoms with van der Waals surface area (Å²) in [5.41, 5.74) is -0.480. The molecule has 1 heterocycles. The Balaban J connectivity index is 2.91. The van der Waals surface area contributed by atoms with Gasteiger partial charge in [0.1, 0.15) is 5.69 Å². The molecule has 0 unspecified atom stereocenters. The SMILES string of the molecule is CCNc1c(C)c(C(F)(F)F)nc2c(Cl)c(Cl)ccc12. The van der Waals surface area contributed by atoms with E-state index in [2.05, 4.69) is 10.3 Å². The first-order valence-electron chi connectivity index (χ1n) is 5.86. The summed E-state index contributed by atoms with van der Waals surface area (Å²) in [7, 11) is 0. The molecule has 0 spiro atoms. The van der Waals surface area contributed by atoms with Gasteiger partial charge in [0, 0.05) is 23.2 Å². The highest BCUT2D eigenvalue weighted by Gasteiger charge is 2.36. The fourth-order valence-electron chi connectivity index (χ4n) is 2.05. The van der Waals surface area contributed by atoms with Gasteiger partial charge < -0.3 is 5.32 Å². The summed E-state index contributed by atoms with van der Waals surface area (Å²) in [6.07, 6.45) is -4.55. The van der Waals surface area contributed by atoms with Crippen LogP contribution in [0.1, 0.15) is 18.2 Å². The van der Waals surface area contributed by atoms with Crippen molar-refractivity contribution in [1.82, 2.24) is 4.98 Å². The molecule has 108 valence electrons. The number of rotatable bonds is 2. The van der Waals surface area contributed by atoms with Crippen molar-refractivity contribution in [3.8, 4) is 0 Å². The van der Waals surface area contributed by atoms with E-state index in [1.807, 2.05) is 0 Å². The molecule has 0 radical (unpaired) electrons. The normalized spacial score (nSPS) is 11.9. The van der Waals surface area contributed by atoms with Crippen LogP contribution in [0.5, 0.6) is 0 Å². The van der Waals surface area contributed by atoms with Gasteiger partial charge in [0.25, 0.3) is 0 Å². The summed E-state index contributed by atoms with van der Waals surface area (Å²) in [5, 5.41) is 3.65. The number of nitrogens with one attached hydrogen (secondary N) is 1. The zero-order valence-corrected chi connectivity index (χ0v) is 12.2. The summed E-state index contributed by atoms with van der Waals surface area (Å²) in [6.45, 7) is 3.67. The lowest BCUT2D eigenvalue weighted by atomic mass is 10.1. The van der Waals surface area contributed by atoms with Crippen LogP contribution in [0, 0.1) is 6.92 Å². The van der Waals surface area contributed by atoms with E-state index in [-0.39, 0.29) is 21.1 Å². The van der Waals surface area contributed by atoms with Gasteiger partial charge in [-0.2, -0.15) is 13.2 Å². The lowest BCUT2D eigenvalue weighted by Gasteiger charge is -2.17. The van der Waals surface area contributed by atoms with Crippen molar-refractivity contribution in [2.45, 2.75) is 20.0 Å². The Labute approximate surface area is 123 Å². The molecule has 1 aromatic heterocycles. The molecule has 0 aliphatic rings. The Bertz CT molecular complexity index is 669. The van der Waals surface area contributed by atoms with Gasteiger partial charge in [0.15, 0.2) is 0 Å². The minimum Gasteiger partial charge on any atom is -0.385 e. The Morgan fingerprint density at radius 1 is 1.25 bits per heavy atom. The minimum atomic E-state index is -4.55. The van der Waals surface area contributed by atoms with E-state index < -0.39 is 11.9 Å². The van der Waals surface area contributed by atoms with Crippen LogP contribution < -0.4 is 5.32 Å². The second kappa shape index (κ2) is 5.30. The van der Waals surface area contributed by atoms with E-state index >= 15 is 0 Å². The van der Waals surface area contributed by atoms with Gasteiger partial charge in [-0.25, -0.2) is 4.98 Å². The molecule has 0 saturated heterocycles. The number of aromatic nitrogens is 1. The molecule has 0 atom stereocenters. The predicted molar refractivity (Wildman–Crippen MR) is 75.7 cm³/mol. The Morgan fingerprint density at radius 3 is 2.45 bits per heavy atom. The number of benzene rings is 1. The third kappa shape index (κ3) is 2.52. The van der Waals surface area contributed by atoms with Crippen molar-refractivity contribution in [3.05, 3.63) is 33.4 Å². The monoisotopic (exact) mass is 322 g/mol. The quantitative estimate of drug-likeness (QED) is 0.811. The molecule has 0 saturated carbocycles. The van der Waals surface area contributed by atoms with Gasteiger partial charge in [-0.05, 0) is 26.0 Å². The summed E-state index contributed by atoms with van der Waals surface area (Å²) in [6, 6.07) is 3.16. The first kappa shape index (κ1) is 15.2. The number of pyridine rings is 1. The van der Waals surface area contributed by atoms with Crippen molar-refractivity contribution in [2.24, 2.45) is 0 Å². The molecule has 2 rings (SSSR count). The Kier molecular flexibility index (Phi) is 4.02. The van der Waals surface area contributed by atoms with E-state index in [4.69, 9.17) is 23.2 Å². The Morgan fingerprint density at radius 2 is 1.90 bits per heavy atom. The number of hydrogen-bond acceptors (Lipinski definition) is 2. The highest BCUT2D eigenvalue weighted by atomic mass is 35.5. The molecular weight excluding hydrogens is 312 g/mol. The van der Waals surface area contributed by atoms with E-state index in [0.29, 0.717) is 17.6 Å². The molecule has 20 heavy (non-hydrogen) atoms. The summed E-state index contributed by atoms with van der Waals surface area (Å²) in [5.74, 6) is 0. The molecule has 0 fully saturated rings. The van der Waals surface area contributed by atoms with Gasteiger partial charge >= 0.3 is 6.18 Å². The number of alkyl halides is 3. The molecule has 0 aliphatic heterocycles. The summed E-state index contributed by atoms with van der Waals surface area (Å²) in [4.78, 5) is 3.67. The first-order valence-corrected chi connectivity index (χ1v) is 6.62. The summed E-state index contributed by atoms with van der Waals surface area (Å²) < 4.78 is 39.2. The van der Waals surface area contributed by atoms with Crippen LogP contribution in [0.4, 0.5) is 18.9 Å². The molecule has 2 nitrogen and oxygen atoms in total. The van der Waals surface area contributed by atoms with Gasteiger partial charge in [-0.1, -0.05) is 23.2 Å². The zero-order valence-electron chi connectivity index (χ0n) is 10.7. The molecule has 1 aromatic carbocycles. The smallest absolute Gasteiger partial charge is 0.385 e. The van der Waals surface area contributed by atoms with Crippen molar-refractivity contribution >= 4 is 39.8 Å². The van der Waals surface area contributed by atoms with E-state index in [1.54, 1.807) is 19.1 Å². The van der Waals surface area contributed by atoms with Gasteiger partial charge in [-0.15, -0.1) is 0 Å². The topological polar surface area (TPSA) is 24.9 Å². The number of fused-ring (bicyclic) bond motifs is 1. The number of halogens is 5. The lowest BCUT2D eigenvalue weighted by molar-refractivity contribution is -0.141. The maximum Gasteiger partial charge on any atom is 0.433 e. The van der Waals surface area contributed by atoms with E-state index in [0.717, 1.165) is 0 Å². The van der Waals surface area contributed by atoms with Crippen LogP contribution in [0.2, 0.25) is 10.0 Å². The van der Waals surface area contributed by atoms with Crippen molar-refractivity contribution in [3.63, 3.8) is 0 Å². The van der Waals surface area contributed by atoms with Crippen LogP contribution >= 0.6 is 23.2 Å². The van der Waals surface area contributed by atoms with Crippen LogP contribution in [-0.2, 0) is 6.18 Å². The third-order valence-corrected chi connectivity index (χ3v) is 3.71. The highest BCUT2D eigenvalue weighted by molar-refractivity contribution is 6.45. The number of hydrogen-bond donors (Lipinski definition) is 1. The van der Waals surface area contributed by atoms with Crippen LogP contribution in [0.15, 0.2) is 12.1 Å². The largest absolute Gasteiger partial charge is 0.433 e. The first-order chi connectivity index (χ1) is 9.27. The van der Waals surface area contributed by atoms with Crippen molar-refractivity contribution in [2.75, 3.05) is 11.9 Å². The lowest BCUT2D eigenvalue weighted by Crippen LogP contribution is -2.13. The molecule has 0 amide bonds. The number of nitrogens with zero attached hydrogens (tertiary/aromatic N) is 1. The average Bonchev–Trinajstić information content (AvgIpc) is 2.35. The minimum absolute atomic E-state index is 0.0221. The predicted octanol–water partition coefficient (Wildman–Crippen LogP) is 5.30. The molecule has 0 aliphatic carbocycles. The van der Waals surface area contributed by atoms with Crippen molar-refractivity contribution in [1.29, 1.82) is 0 Å².